The highest BCUT2D eigenvalue weighted by atomic mass is 16.4. The highest BCUT2D eigenvalue weighted by molar-refractivity contribution is 5.72. The zero-order valence-corrected chi connectivity index (χ0v) is 10.4. The number of nitrogens with one attached hydrogen (secondary N) is 1. The van der Waals surface area contributed by atoms with E-state index in [4.69, 9.17) is 5.11 Å². The fourth-order valence-corrected chi connectivity index (χ4v) is 1.81. The van der Waals surface area contributed by atoms with Crippen molar-refractivity contribution in [3.8, 4) is 0 Å². The van der Waals surface area contributed by atoms with Crippen LogP contribution in [-0.4, -0.2) is 32.2 Å². The van der Waals surface area contributed by atoms with Crippen molar-refractivity contribution in [3.05, 3.63) is 24.2 Å². The summed E-state index contributed by atoms with van der Waals surface area (Å²) in [4.78, 5) is 15.2. The standard InChI is InChI=1S/C12H16N4O2/c1-3-9(12(17)18)7-14-11-10-6-8(2)15-16(10)5-4-13-11/h4-6,9H,3,7H2,1-2H3,(H,13,14)(H,17,18). The fraction of sp³-hybridized carbons (Fsp3) is 0.417. The Morgan fingerprint density at radius 1 is 1.61 bits per heavy atom. The average molecular weight is 248 g/mol. The second-order valence-corrected chi connectivity index (χ2v) is 4.22. The molecule has 0 aliphatic heterocycles. The minimum Gasteiger partial charge on any atom is -0.481 e. The monoisotopic (exact) mass is 248 g/mol. The molecular formula is C12H16N4O2. The molecule has 0 saturated carbocycles. The second kappa shape index (κ2) is 5.03. The largest absolute Gasteiger partial charge is 0.481 e. The summed E-state index contributed by atoms with van der Waals surface area (Å²) >= 11 is 0. The maximum Gasteiger partial charge on any atom is 0.308 e. The van der Waals surface area contributed by atoms with Crippen molar-refractivity contribution in [2.75, 3.05) is 11.9 Å². The lowest BCUT2D eigenvalue weighted by molar-refractivity contribution is -0.141. The normalized spacial score (nSPS) is 12.6. The Morgan fingerprint density at radius 2 is 2.39 bits per heavy atom. The molecule has 2 heterocycles. The number of aliphatic carboxylic acids is 1. The van der Waals surface area contributed by atoms with E-state index in [1.54, 1.807) is 16.9 Å². The summed E-state index contributed by atoms with van der Waals surface area (Å²) in [5, 5.41) is 16.3. The molecule has 0 spiro atoms. The van der Waals surface area contributed by atoms with Crippen LogP contribution >= 0.6 is 0 Å². The highest BCUT2D eigenvalue weighted by Gasteiger charge is 2.15. The van der Waals surface area contributed by atoms with Gasteiger partial charge in [0.05, 0.1) is 11.6 Å². The first-order valence-electron chi connectivity index (χ1n) is 5.89. The Hall–Kier alpha value is -2.11. The van der Waals surface area contributed by atoms with Crippen LogP contribution < -0.4 is 5.32 Å². The summed E-state index contributed by atoms with van der Waals surface area (Å²) in [7, 11) is 0. The van der Waals surface area contributed by atoms with Gasteiger partial charge in [0.15, 0.2) is 5.82 Å². The van der Waals surface area contributed by atoms with E-state index in [-0.39, 0.29) is 0 Å². The molecule has 2 N–H and O–H groups in total. The van der Waals surface area contributed by atoms with Gasteiger partial charge in [-0.15, -0.1) is 0 Å². The Bertz CT molecular complexity index is 564. The summed E-state index contributed by atoms with van der Waals surface area (Å²) in [5.41, 5.74) is 1.76. The van der Waals surface area contributed by atoms with Crippen LogP contribution in [0, 0.1) is 12.8 Å². The summed E-state index contributed by atoms with van der Waals surface area (Å²) in [6, 6.07) is 1.91. The molecular weight excluding hydrogens is 232 g/mol. The molecule has 96 valence electrons. The zero-order chi connectivity index (χ0) is 13.1. The van der Waals surface area contributed by atoms with E-state index in [0.29, 0.717) is 18.8 Å². The Morgan fingerprint density at radius 3 is 3.06 bits per heavy atom. The van der Waals surface area contributed by atoms with Gasteiger partial charge >= 0.3 is 5.97 Å². The molecule has 2 aromatic heterocycles. The summed E-state index contributed by atoms with van der Waals surface area (Å²) in [6.07, 6.45) is 4.00. The van der Waals surface area contributed by atoms with Crippen LogP contribution in [-0.2, 0) is 4.79 Å². The number of anilines is 1. The summed E-state index contributed by atoms with van der Waals surface area (Å²) in [5.74, 6) is -0.532. The lowest BCUT2D eigenvalue weighted by Crippen LogP contribution is -2.22. The molecule has 0 bridgehead atoms. The van der Waals surface area contributed by atoms with E-state index in [1.807, 2.05) is 19.9 Å². The predicted molar refractivity (Wildman–Crippen MR) is 67.6 cm³/mol. The number of aromatic nitrogens is 3. The molecule has 0 fully saturated rings. The topological polar surface area (TPSA) is 79.5 Å². The van der Waals surface area contributed by atoms with Crippen molar-refractivity contribution in [2.24, 2.45) is 5.92 Å². The van der Waals surface area contributed by atoms with Crippen LogP contribution in [0.25, 0.3) is 5.52 Å². The lowest BCUT2D eigenvalue weighted by Gasteiger charge is -2.11. The van der Waals surface area contributed by atoms with Crippen LogP contribution in [0.5, 0.6) is 0 Å². The molecule has 18 heavy (non-hydrogen) atoms. The minimum absolute atomic E-state index is 0.364. The molecule has 0 radical (unpaired) electrons. The second-order valence-electron chi connectivity index (χ2n) is 4.22. The molecule has 0 saturated heterocycles. The van der Waals surface area contributed by atoms with Gasteiger partial charge in [-0.05, 0) is 19.4 Å². The highest BCUT2D eigenvalue weighted by Crippen LogP contribution is 2.15. The smallest absolute Gasteiger partial charge is 0.308 e. The number of nitrogens with zero attached hydrogens (tertiary/aromatic N) is 3. The van der Waals surface area contributed by atoms with E-state index < -0.39 is 11.9 Å². The first-order chi connectivity index (χ1) is 8.61. The van der Waals surface area contributed by atoms with Gasteiger partial charge in [0.25, 0.3) is 0 Å². The summed E-state index contributed by atoms with van der Waals surface area (Å²) in [6.45, 7) is 4.13. The average Bonchev–Trinajstić information content (AvgIpc) is 2.70. The van der Waals surface area contributed by atoms with E-state index in [0.717, 1.165) is 11.2 Å². The number of hydrogen-bond donors (Lipinski definition) is 2. The molecule has 0 aliphatic carbocycles. The van der Waals surface area contributed by atoms with Gasteiger partial charge < -0.3 is 10.4 Å². The van der Waals surface area contributed by atoms with Crippen LogP contribution in [0.1, 0.15) is 19.0 Å². The van der Waals surface area contributed by atoms with Crippen LogP contribution in [0.15, 0.2) is 18.5 Å². The number of carboxylic acid groups (broad SMARTS) is 1. The van der Waals surface area contributed by atoms with E-state index in [9.17, 15) is 4.79 Å². The van der Waals surface area contributed by atoms with Gasteiger partial charge in [-0.25, -0.2) is 9.50 Å². The third-order valence-corrected chi connectivity index (χ3v) is 2.87. The molecule has 2 rings (SSSR count). The molecule has 0 aromatic carbocycles. The number of rotatable bonds is 5. The number of carbonyl (C=O) groups is 1. The molecule has 1 atom stereocenters. The van der Waals surface area contributed by atoms with Gasteiger partial charge in [-0.2, -0.15) is 5.10 Å². The van der Waals surface area contributed by atoms with Crippen molar-refractivity contribution < 1.29 is 9.90 Å². The van der Waals surface area contributed by atoms with E-state index in [2.05, 4.69) is 15.4 Å². The predicted octanol–water partition coefficient (Wildman–Crippen LogP) is 1.56. The van der Waals surface area contributed by atoms with Crippen LogP contribution in [0.4, 0.5) is 5.82 Å². The molecule has 6 heteroatoms. The fourth-order valence-electron chi connectivity index (χ4n) is 1.81. The first kappa shape index (κ1) is 12.3. The van der Waals surface area contributed by atoms with E-state index >= 15 is 0 Å². The first-order valence-corrected chi connectivity index (χ1v) is 5.89. The van der Waals surface area contributed by atoms with Gasteiger partial charge in [0.2, 0.25) is 0 Å². The Kier molecular flexibility index (Phi) is 3.45. The van der Waals surface area contributed by atoms with Gasteiger partial charge in [0.1, 0.15) is 5.52 Å². The van der Waals surface area contributed by atoms with Crippen molar-refractivity contribution in [3.63, 3.8) is 0 Å². The summed E-state index contributed by atoms with van der Waals surface area (Å²) < 4.78 is 1.73. The molecule has 6 nitrogen and oxygen atoms in total. The SMILES string of the molecule is CCC(CNc1nccn2nc(C)cc12)C(=O)O. The Balaban J connectivity index is 2.19. The van der Waals surface area contributed by atoms with Gasteiger partial charge in [-0.1, -0.05) is 6.92 Å². The Labute approximate surface area is 105 Å². The van der Waals surface area contributed by atoms with Gasteiger partial charge in [0, 0.05) is 18.9 Å². The number of aryl methyl sites for hydroxylation is 1. The number of carboxylic acids is 1. The van der Waals surface area contributed by atoms with Crippen molar-refractivity contribution in [2.45, 2.75) is 20.3 Å². The van der Waals surface area contributed by atoms with Crippen LogP contribution in [0.2, 0.25) is 0 Å². The maximum absolute atomic E-state index is 10.9. The minimum atomic E-state index is -0.790. The van der Waals surface area contributed by atoms with E-state index in [1.165, 1.54) is 0 Å². The number of fused-ring (bicyclic) bond motifs is 1. The van der Waals surface area contributed by atoms with Gasteiger partial charge in [-0.3, -0.25) is 4.79 Å². The third kappa shape index (κ3) is 2.42. The number of hydrogen-bond acceptors (Lipinski definition) is 4. The van der Waals surface area contributed by atoms with Crippen LogP contribution in [0.3, 0.4) is 0 Å². The van der Waals surface area contributed by atoms with Crippen molar-refractivity contribution >= 4 is 17.3 Å². The quantitative estimate of drug-likeness (QED) is 0.839. The molecule has 2 aromatic rings. The maximum atomic E-state index is 10.9. The van der Waals surface area contributed by atoms with Crippen molar-refractivity contribution in [1.29, 1.82) is 0 Å². The zero-order valence-electron chi connectivity index (χ0n) is 10.4. The molecule has 0 aliphatic rings. The lowest BCUT2D eigenvalue weighted by atomic mass is 10.1. The molecule has 1 unspecified atom stereocenters. The van der Waals surface area contributed by atoms with Crippen molar-refractivity contribution in [1.82, 2.24) is 14.6 Å². The third-order valence-electron chi connectivity index (χ3n) is 2.87. The molecule has 0 amide bonds.